The first-order chi connectivity index (χ1) is 12.2. The molecule has 0 fully saturated rings. The van der Waals surface area contributed by atoms with Gasteiger partial charge in [-0.3, -0.25) is 0 Å². The van der Waals surface area contributed by atoms with E-state index in [1.54, 1.807) is 7.11 Å². The lowest BCUT2D eigenvalue weighted by atomic mass is 9.84. The summed E-state index contributed by atoms with van der Waals surface area (Å²) < 4.78 is 12.2. The highest BCUT2D eigenvalue weighted by Crippen LogP contribution is 2.46. The van der Waals surface area contributed by atoms with Gasteiger partial charge in [-0.1, -0.05) is 39.0 Å². The fourth-order valence-electron chi connectivity index (χ4n) is 3.33. The quantitative estimate of drug-likeness (QED) is 0.498. The number of hydrogen-bond donors (Lipinski definition) is 2. The number of methoxy groups -OCH3 is 1. The number of nitrogen functional groups attached to an aromatic ring is 1. The normalized spacial score (nSPS) is 12.0. The Morgan fingerprint density at radius 1 is 0.923 bits per heavy atom. The van der Waals surface area contributed by atoms with E-state index in [1.165, 1.54) is 0 Å². The Labute approximate surface area is 157 Å². The van der Waals surface area contributed by atoms with Gasteiger partial charge in [-0.2, -0.15) is 0 Å². The topological polar surface area (TPSA) is 60.3 Å². The summed E-state index contributed by atoms with van der Waals surface area (Å²) in [7, 11) is 0.385. The molecule has 1 aromatic heterocycles. The molecule has 3 N–H and O–H groups in total. The lowest BCUT2D eigenvalue weighted by Gasteiger charge is -2.26. The Bertz CT molecular complexity index is 939. The van der Waals surface area contributed by atoms with Gasteiger partial charge in [0.1, 0.15) is 0 Å². The maximum absolute atomic E-state index is 6.39. The first kappa shape index (κ1) is 18.4. The van der Waals surface area contributed by atoms with E-state index in [0.29, 0.717) is 0 Å². The highest BCUT2D eigenvalue weighted by molar-refractivity contribution is 6.49. The minimum Gasteiger partial charge on any atom is -0.544 e. The second-order valence-electron chi connectivity index (χ2n) is 7.92. The zero-order chi connectivity index (χ0) is 19.1. The van der Waals surface area contributed by atoms with Gasteiger partial charge in [0.15, 0.2) is 11.5 Å². The van der Waals surface area contributed by atoms with Crippen LogP contribution < -0.4 is 14.9 Å². The Morgan fingerprint density at radius 2 is 1.58 bits per heavy atom. The van der Waals surface area contributed by atoms with Crippen LogP contribution >= 0.6 is 0 Å². The maximum atomic E-state index is 6.39. The number of ether oxygens (including phenoxy) is 1. The summed E-state index contributed by atoms with van der Waals surface area (Å²) in [4.78, 5) is 3.17. The van der Waals surface area contributed by atoms with Crippen molar-refractivity contribution in [2.75, 3.05) is 12.8 Å². The molecule has 0 aliphatic rings. The third-order valence-corrected chi connectivity index (χ3v) is 5.25. The van der Waals surface area contributed by atoms with Gasteiger partial charge in [-0.25, -0.2) is 0 Å². The van der Waals surface area contributed by atoms with Crippen LogP contribution in [0.2, 0.25) is 13.1 Å². The van der Waals surface area contributed by atoms with Crippen LogP contribution in [0.15, 0.2) is 36.7 Å². The number of rotatable bonds is 4. The van der Waals surface area contributed by atoms with Crippen LogP contribution in [0.4, 0.5) is 5.69 Å². The highest BCUT2D eigenvalue weighted by Gasteiger charge is 2.25. The molecule has 26 heavy (non-hydrogen) atoms. The standard InChI is InChI=1S/C21H28N2O2Si/c1-21(2,3)17-9-7-14(19(20(17)24-4)25-26(5)6)13-8-10-18(22)16-12-23-11-15(13)16/h7-12,23,26H,22H2,1-6H3. The van der Waals surface area contributed by atoms with Crippen molar-refractivity contribution in [2.45, 2.75) is 39.3 Å². The summed E-state index contributed by atoms with van der Waals surface area (Å²) >= 11 is 0. The van der Waals surface area contributed by atoms with Crippen molar-refractivity contribution in [1.29, 1.82) is 0 Å². The van der Waals surface area contributed by atoms with Crippen LogP contribution in [0.1, 0.15) is 26.3 Å². The van der Waals surface area contributed by atoms with Crippen LogP contribution in [-0.4, -0.2) is 21.1 Å². The summed E-state index contributed by atoms with van der Waals surface area (Å²) in [6.45, 7) is 10.9. The van der Waals surface area contributed by atoms with Gasteiger partial charge >= 0.3 is 0 Å². The third kappa shape index (κ3) is 3.19. The summed E-state index contributed by atoms with van der Waals surface area (Å²) in [6.07, 6.45) is 3.93. The number of hydrogen-bond acceptors (Lipinski definition) is 3. The molecule has 0 spiro atoms. The molecule has 0 aliphatic carbocycles. The molecular weight excluding hydrogens is 340 g/mol. The zero-order valence-corrected chi connectivity index (χ0v) is 17.6. The van der Waals surface area contributed by atoms with Crippen molar-refractivity contribution in [3.05, 3.63) is 42.2 Å². The predicted molar refractivity (Wildman–Crippen MR) is 113 cm³/mol. The van der Waals surface area contributed by atoms with Crippen LogP contribution in [0.5, 0.6) is 11.5 Å². The number of benzene rings is 2. The fourth-order valence-corrected chi connectivity index (χ4v) is 4.04. The van der Waals surface area contributed by atoms with Crippen LogP contribution in [0, 0.1) is 0 Å². The largest absolute Gasteiger partial charge is 0.544 e. The Kier molecular flexibility index (Phi) is 4.75. The van der Waals surface area contributed by atoms with Crippen molar-refractivity contribution >= 4 is 25.5 Å². The van der Waals surface area contributed by atoms with Crippen molar-refractivity contribution in [3.8, 4) is 22.6 Å². The molecule has 138 valence electrons. The maximum Gasteiger partial charge on any atom is 0.229 e. The van der Waals surface area contributed by atoms with E-state index in [4.69, 9.17) is 14.9 Å². The number of fused-ring (bicyclic) bond motifs is 1. The number of nitrogens with one attached hydrogen (secondary N) is 1. The Balaban J connectivity index is 2.33. The van der Waals surface area contributed by atoms with E-state index < -0.39 is 9.04 Å². The van der Waals surface area contributed by atoms with Crippen molar-refractivity contribution < 1.29 is 9.16 Å². The van der Waals surface area contributed by atoms with E-state index in [9.17, 15) is 0 Å². The minimum atomic E-state index is -1.33. The molecule has 3 rings (SSSR count). The smallest absolute Gasteiger partial charge is 0.229 e. The monoisotopic (exact) mass is 368 g/mol. The molecule has 5 heteroatoms. The molecule has 0 amide bonds. The van der Waals surface area contributed by atoms with Gasteiger partial charge in [0, 0.05) is 40.0 Å². The third-order valence-electron chi connectivity index (χ3n) is 4.54. The lowest BCUT2D eigenvalue weighted by molar-refractivity contribution is 0.379. The van der Waals surface area contributed by atoms with E-state index in [1.807, 2.05) is 18.5 Å². The minimum absolute atomic E-state index is 0.0367. The molecule has 0 atom stereocenters. The number of aromatic amines is 1. The van der Waals surface area contributed by atoms with Crippen LogP contribution in [0.3, 0.4) is 0 Å². The van der Waals surface area contributed by atoms with E-state index in [0.717, 1.165) is 44.6 Å². The van der Waals surface area contributed by atoms with Crippen LogP contribution in [0.25, 0.3) is 21.9 Å². The molecule has 0 radical (unpaired) electrons. The molecule has 0 bridgehead atoms. The van der Waals surface area contributed by atoms with Gasteiger partial charge in [0.25, 0.3) is 0 Å². The molecule has 0 unspecified atom stereocenters. The number of aromatic nitrogens is 1. The molecule has 0 saturated heterocycles. The first-order valence-corrected chi connectivity index (χ1v) is 11.8. The molecule has 4 nitrogen and oxygen atoms in total. The SMILES string of the molecule is COc1c(C(C)(C)C)ccc(-c2ccc(N)c3c[nH]cc23)c1O[SiH](C)C. The predicted octanol–water partition coefficient (Wildman–Crippen LogP) is 5.09. The number of nitrogens with two attached hydrogens (primary N) is 1. The van der Waals surface area contributed by atoms with Crippen molar-refractivity contribution in [2.24, 2.45) is 0 Å². The molecule has 2 aromatic carbocycles. The number of H-pyrrole nitrogens is 1. The summed E-state index contributed by atoms with van der Waals surface area (Å²) in [6, 6.07) is 8.31. The van der Waals surface area contributed by atoms with E-state index >= 15 is 0 Å². The molecule has 3 aromatic rings. The van der Waals surface area contributed by atoms with Gasteiger partial charge in [-0.05, 0) is 30.1 Å². The average Bonchev–Trinajstić information content (AvgIpc) is 3.04. The zero-order valence-electron chi connectivity index (χ0n) is 16.4. The fraction of sp³-hybridized carbons (Fsp3) is 0.333. The van der Waals surface area contributed by atoms with Gasteiger partial charge < -0.3 is 19.9 Å². The second kappa shape index (κ2) is 6.72. The summed E-state index contributed by atoms with van der Waals surface area (Å²) in [5.41, 5.74) is 10.2. The van der Waals surface area contributed by atoms with Gasteiger partial charge in [0.05, 0.1) is 7.11 Å². The van der Waals surface area contributed by atoms with E-state index in [-0.39, 0.29) is 5.41 Å². The number of anilines is 1. The summed E-state index contributed by atoms with van der Waals surface area (Å²) in [5.74, 6) is 1.67. The average molecular weight is 369 g/mol. The highest BCUT2D eigenvalue weighted by atomic mass is 28.3. The molecular formula is C21H28N2O2Si. The van der Waals surface area contributed by atoms with Gasteiger partial charge in [0.2, 0.25) is 9.04 Å². The van der Waals surface area contributed by atoms with Gasteiger partial charge in [-0.15, -0.1) is 0 Å². The Hall–Kier alpha value is -2.40. The van der Waals surface area contributed by atoms with E-state index in [2.05, 4.69) is 57.0 Å². The second-order valence-corrected chi connectivity index (χ2v) is 10.3. The van der Waals surface area contributed by atoms with Crippen LogP contribution in [-0.2, 0) is 5.41 Å². The Morgan fingerprint density at radius 3 is 2.19 bits per heavy atom. The lowest BCUT2D eigenvalue weighted by Crippen LogP contribution is -2.17. The molecule has 0 aliphatic heterocycles. The molecule has 1 heterocycles. The summed E-state index contributed by atoms with van der Waals surface area (Å²) in [5, 5.41) is 2.11. The molecule has 0 saturated carbocycles. The van der Waals surface area contributed by atoms with Crippen molar-refractivity contribution in [3.63, 3.8) is 0 Å². The van der Waals surface area contributed by atoms with Crippen molar-refractivity contribution in [1.82, 2.24) is 4.98 Å². The first-order valence-electron chi connectivity index (χ1n) is 8.97.